The summed E-state index contributed by atoms with van der Waals surface area (Å²) in [6.45, 7) is 4.26. The number of carbonyl (C=O) groups is 1. The second-order valence-corrected chi connectivity index (χ2v) is 5.43. The largest absolute Gasteiger partial charge is 0.481 e. The predicted octanol–water partition coefficient (Wildman–Crippen LogP) is 4.41. The quantitative estimate of drug-likeness (QED) is 0.795. The minimum absolute atomic E-state index is 0.298. The van der Waals surface area contributed by atoms with Crippen LogP contribution in [-0.4, -0.2) is 11.1 Å². The van der Waals surface area contributed by atoms with Crippen molar-refractivity contribution in [3.8, 4) is 0 Å². The number of hydrogen-bond donors (Lipinski definition) is 1. The summed E-state index contributed by atoms with van der Waals surface area (Å²) in [4.78, 5) is 11.3. The van der Waals surface area contributed by atoms with E-state index in [4.69, 9.17) is 11.6 Å². The molecule has 0 aromatic heterocycles. The molecule has 0 aliphatic heterocycles. The van der Waals surface area contributed by atoms with E-state index >= 15 is 0 Å². The van der Waals surface area contributed by atoms with Gasteiger partial charge in [0.25, 0.3) is 0 Å². The lowest BCUT2D eigenvalue weighted by molar-refractivity contribution is -0.142. The van der Waals surface area contributed by atoms with E-state index < -0.39 is 5.97 Å². The van der Waals surface area contributed by atoms with E-state index in [2.05, 4.69) is 13.8 Å². The molecule has 3 heteroatoms. The second-order valence-electron chi connectivity index (χ2n) is 5.00. The van der Waals surface area contributed by atoms with Crippen molar-refractivity contribution in [2.75, 3.05) is 0 Å². The fourth-order valence-corrected chi connectivity index (χ4v) is 2.40. The molecular formula is C15H21ClO2. The Kier molecular flexibility index (Phi) is 6.20. The third-order valence-electron chi connectivity index (χ3n) is 3.21. The average molecular weight is 269 g/mol. The number of halogens is 1. The molecule has 2 nitrogen and oxygen atoms in total. The first-order valence-corrected chi connectivity index (χ1v) is 6.88. The molecule has 0 bridgehead atoms. The third-order valence-corrected chi connectivity index (χ3v) is 3.46. The molecule has 2 unspecified atom stereocenters. The summed E-state index contributed by atoms with van der Waals surface area (Å²) in [5.74, 6) is -0.538. The van der Waals surface area contributed by atoms with Crippen LogP contribution in [0.5, 0.6) is 0 Å². The van der Waals surface area contributed by atoms with Crippen LogP contribution in [0, 0.1) is 11.8 Å². The zero-order valence-electron chi connectivity index (χ0n) is 11.0. The summed E-state index contributed by atoms with van der Waals surface area (Å²) >= 11 is 5.82. The van der Waals surface area contributed by atoms with E-state index in [0.717, 1.165) is 24.8 Å². The van der Waals surface area contributed by atoms with Crippen molar-refractivity contribution < 1.29 is 9.90 Å². The number of hydrogen-bond acceptors (Lipinski definition) is 1. The molecule has 0 amide bonds. The van der Waals surface area contributed by atoms with Gasteiger partial charge in [-0.05, 0) is 36.5 Å². The summed E-state index contributed by atoms with van der Waals surface area (Å²) in [7, 11) is 0. The Labute approximate surface area is 114 Å². The van der Waals surface area contributed by atoms with Crippen molar-refractivity contribution >= 4 is 17.6 Å². The van der Waals surface area contributed by atoms with E-state index in [1.54, 1.807) is 0 Å². The summed E-state index contributed by atoms with van der Waals surface area (Å²) in [5, 5.41) is 9.97. The van der Waals surface area contributed by atoms with Gasteiger partial charge in [-0.25, -0.2) is 0 Å². The third kappa shape index (κ3) is 5.09. The minimum Gasteiger partial charge on any atom is -0.481 e. The van der Waals surface area contributed by atoms with Gasteiger partial charge in [0.05, 0.1) is 5.92 Å². The molecule has 1 aromatic rings. The summed E-state index contributed by atoms with van der Waals surface area (Å²) < 4.78 is 0. The first-order valence-electron chi connectivity index (χ1n) is 6.50. The van der Waals surface area contributed by atoms with E-state index in [9.17, 15) is 9.90 Å². The molecule has 1 aromatic carbocycles. The number of carboxylic acid groups (broad SMARTS) is 1. The van der Waals surface area contributed by atoms with Gasteiger partial charge in [-0.3, -0.25) is 4.79 Å². The molecule has 1 rings (SSSR count). The van der Waals surface area contributed by atoms with Gasteiger partial charge in [0.1, 0.15) is 0 Å². The molecular weight excluding hydrogens is 248 g/mol. The SMILES string of the molecule is CCCC(C)CC(Cc1ccc(Cl)cc1)C(=O)O. The van der Waals surface area contributed by atoms with Gasteiger partial charge in [-0.15, -0.1) is 0 Å². The van der Waals surface area contributed by atoms with Crippen molar-refractivity contribution in [1.29, 1.82) is 0 Å². The van der Waals surface area contributed by atoms with Gasteiger partial charge in [-0.2, -0.15) is 0 Å². The molecule has 0 fully saturated rings. The maximum Gasteiger partial charge on any atom is 0.306 e. The molecule has 0 spiro atoms. The monoisotopic (exact) mass is 268 g/mol. The van der Waals surface area contributed by atoms with Crippen LogP contribution in [0.1, 0.15) is 38.7 Å². The zero-order valence-corrected chi connectivity index (χ0v) is 11.8. The maximum absolute atomic E-state index is 11.3. The van der Waals surface area contributed by atoms with E-state index in [1.165, 1.54) is 0 Å². The highest BCUT2D eigenvalue weighted by Crippen LogP contribution is 2.21. The Morgan fingerprint density at radius 2 is 1.94 bits per heavy atom. The Balaban J connectivity index is 2.62. The molecule has 100 valence electrons. The Hall–Kier alpha value is -1.02. The highest BCUT2D eigenvalue weighted by molar-refractivity contribution is 6.30. The van der Waals surface area contributed by atoms with Crippen LogP contribution in [0.3, 0.4) is 0 Å². The molecule has 1 N–H and O–H groups in total. The summed E-state index contributed by atoms with van der Waals surface area (Å²) in [5.41, 5.74) is 1.04. The molecule has 2 atom stereocenters. The van der Waals surface area contributed by atoms with Crippen LogP contribution in [0.4, 0.5) is 0 Å². The van der Waals surface area contributed by atoms with Crippen molar-refractivity contribution in [2.24, 2.45) is 11.8 Å². The summed E-state index contributed by atoms with van der Waals surface area (Å²) in [6.07, 6.45) is 3.52. The van der Waals surface area contributed by atoms with Crippen LogP contribution in [0.15, 0.2) is 24.3 Å². The summed E-state index contributed by atoms with van der Waals surface area (Å²) in [6, 6.07) is 7.43. The van der Waals surface area contributed by atoms with Crippen molar-refractivity contribution in [3.63, 3.8) is 0 Å². The predicted molar refractivity (Wildman–Crippen MR) is 75.0 cm³/mol. The van der Waals surface area contributed by atoms with Crippen LogP contribution in [-0.2, 0) is 11.2 Å². The Bertz CT molecular complexity index is 373. The normalized spacial score (nSPS) is 14.2. The lowest BCUT2D eigenvalue weighted by Gasteiger charge is -2.17. The van der Waals surface area contributed by atoms with Gasteiger partial charge < -0.3 is 5.11 Å². The van der Waals surface area contributed by atoms with E-state index in [-0.39, 0.29) is 5.92 Å². The van der Waals surface area contributed by atoms with E-state index in [1.807, 2.05) is 24.3 Å². The van der Waals surface area contributed by atoms with Crippen molar-refractivity contribution in [1.82, 2.24) is 0 Å². The maximum atomic E-state index is 11.3. The average Bonchev–Trinajstić information content (AvgIpc) is 2.31. The van der Waals surface area contributed by atoms with Crippen molar-refractivity contribution in [3.05, 3.63) is 34.9 Å². The van der Waals surface area contributed by atoms with Gasteiger partial charge in [-0.1, -0.05) is 50.4 Å². The lowest BCUT2D eigenvalue weighted by Crippen LogP contribution is -2.19. The molecule has 0 radical (unpaired) electrons. The van der Waals surface area contributed by atoms with Gasteiger partial charge in [0, 0.05) is 5.02 Å². The molecule has 18 heavy (non-hydrogen) atoms. The first kappa shape index (κ1) is 15.0. The fraction of sp³-hybridized carbons (Fsp3) is 0.533. The fourth-order valence-electron chi connectivity index (χ4n) is 2.27. The topological polar surface area (TPSA) is 37.3 Å². The Morgan fingerprint density at radius 1 is 1.33 bits per heavy atom. The van der Waals surface area contributed by atoms with E-state index in [0.29, 0.717) is 17.4 Å². The highest BCUT2D eigenvalue weighted by atomic mass is 35.5. The standard InChI is InChI=1S/C15H21ClO2/c1-3-4-11(2)9-13(15(17)18)10-12-5-7-14(16)8-6-12/h5-8,11,13H,3-4,9-10H2,1-2H3,(H,17,18). The molecule has 0 aliphatic rings. The first-order chi connectivity index (χ1) is 8.52. The van der Waals surface area contributed by atoms with Crippen LogP contribution >= 0.6 is 11.6 Å². The minimum atomic E-state index is -0.701. The molecule has 0 heterocycles. The molecule has 0 saturated heterocycles. The number of carboxylic acids is 1. The smallest absolute Gasteiger partial charge is 0.306 e. The lowest BCUT2D eigenvalue weighted by atomic mass is 9.88. The van der Waals surface area contributed by atoms with Gasteiger partial charge >= 0.3 is 5.97 Å². The Morgan fingerprint density at radius 3 is 2.44 bits per heavy atom. The zero-order chi connectivity index (χ0) is 13.5. The second kappa shape index (κ2) is 7.42. The van der Waals surface area contributed by atoms with Crippen LogP contribution in [0.25, 0.3) is 0 Å². The molecule has 0 aliphatic carbocycles. The number of benzene rings is 1. The van der Waals surface area contributed by atoms with Crippen LogP contribution < -0.4 is 0 Å². The van der Waals surface area contributed by atoms with Gasteiger partial charge in [0.15, 0.2) is 0 Å². The molecule has 0 saturated carbocycles. The van der Waals surface area contributed by atoms with Gasteiger partial charge in [0.2, 0.25) is 0 Å². The number of rotatable bonds is 7. The highest BCUT2D eigenvalue weighted by Gasteiger charge is 2.20. The van der Waals surface area contributed by atoms with Crippen LogP contribution in [0.2, 0.25) is 5.02 Å². The van der Waals surface area contributed by atoms with Crippen molar-refractivity contribution in [2.45, 2.75) is 39.5 Å². The number of aliphatic carboxylic acids is 1.